The first-order valence-corrected chi connectivity index (χ1v) is 12.2. The second kappa shape index (κ2) is 10.2. The highest BCUT2D eigenvalue weighted by molar-refractivity contribution is 7.89. The molecule has 3 rings (SSSR count). The number of nitro groups is 1. The van der Waals surface area contributed by atoms with Crippen LogP contribution in [0.15, 0.2) is 40.4 Å². The number of allylic oxidation sites excluding steroid dienone is 1. The standard InChI is InChI=1S/C21H28N4O6S/c1-23(32(30,31)19-12-6-5-11-18(19)25(28)29)13-7-8-14-24-15-20(26)22-21(27)16-9-3-2-4-10-17(16)24/h5-6,11-12H,2-4,7-10,13-15H2,1H3,(H,22,26,27). The Labute approximate surface area is 187 Å². The van der Waals surface area contributed by atoms with Crippen molar-refractivity contribution in [1.29, 1.82) is 0 Å². The number of sulfonamides is 1. The Balaban J connectivity index is 1.64. The lowest BCUT2D eigenvalue weighted by atomic mass is 10.1. The van der Waals surface area contributed by atoms with Crippen molar-refractivity contribution in [3.63, 3.8) is 0 Å². The molecular formula is C21H28N4O6S. The zero-order valence-corrected chi connectivity index (χ0v) is 18.9. The molecule has 0 aromatic heterocycles. The monoisotopic (exact) mass is 464 g/mol. The van der Waals surface area contributed by atoms with Gasteiger partial charge in [0, 0.05) is 37.5 Å². The molecule has 2 aliphatic rings. The van der Waals surface area contributed by atoms with Gasteiger partial charge in [0.2, 0.25) is 15.9 Å². The number of nitrogens with one attached hydrogen (secondary N) is 1. The maximum atomic E-state index is 12.8. The summed E-state index contributed by atoms with van der Waals surface area (Å²) in [5, 5.41) is 13.6. The van der Waals surface area contributed by atoms with Crippen LogP contribution in [0, 0.1) is 10.1 Å². The molecular weight excluding hydrogens is 436 g/mol. The number of amides is 2. The van der Waals surface area contributed by atoms with E-state index in [-0.39, 0.29) is 29.8 Å². The van der Waals surface area contributed by atoms with Gasteiger partial charge >= 0.3 is 0 Å². The molecule has 0 atom stereocenters. The van der Waals surface area contributed by atoms with Gasteiger partial charge in [0.05, 0.1) is 11.5 Å². The molecule has 1 N–H and O–H groups in total. The molecule has 0 saturated carbocycles. The number of benzene rings is 1. The molecule has 1 aliphatic carbocycles. The van der Waals surface area contributed by atoms with Gasteiger partial charge < -0.3 is 4.90 Å². The van der Waals surface area contributed by atoms with Crippen molar-refractivity contribution in [3.8, 4) is 0 Å². The third-order valence-corrected chi connectivity index (χ3v) is 7.74. The Morgan fingerprint density at radius 3 is 2.59 bits per heavy atom. The fraction of sp³-hybridized carbons (Fsp3) is 0.524. The van der Waals surface area contributed by atoms with Crippen molar-refractivity contribution in [2.24, 2.45) is 0 Å². The molecule has 0 saturated heterocycles. The zero-order valence-electron chi connectivity index (χ0n) is 18.1. The van der Waals surface area contributed by atoms with Crippen LogP contribution in [0.5, 0.6) is 0 Å². The zero-order chi connectivity index (χ0) is 23.3. The van der Waals surface area contributed by atoms with E-state index in [0.717, 1.165) is 35.7 Å². The summed E-state index contributed by atoms with van der Waals surface area (Å²) >= 11 is 0. The molecule has 10 nitrogen and oxygen atoms in total. The average Bonchev–Trinajstić information content (AvgIpc) is 3.06. The van der Waals surface area contributed by atoms with Gasteiger partial charge in [-0.2, -0.15) is 0 Å². The van der Waals surface area contributed by atoms with Crippen LogP contribution < -0.4 is 5.32 Å². The van der Waals surface area contributed by atoms with E-state index in [4.69, 9.17) is 0 Å². The topological polar surface area (TPSA) is 130 Å². The van der Waals surface area contributed by atoms with Crippen LogP contribution in [0.1, 0.15) is 44.9 Å². The van der Waals surface area contributed by atoms with Gasteiger partial charge in [-0.15, -0.1) is 0 Å². The fourth-order valence-electron chi connectivity index (χ4n) is 4.14. The van der Waals surface area contributed by atoms with E-state index < -0.39 is 20.6 Å². The SMILES string of the molecule is CN(CCCCN1CC(=O)NC(=O)C2=C1CCCCC2)S(=O)(=O)c1ccccc1[N+](=O)[O-]. The van der Waals surface area contributed by atoms with Gasteiger partial charge in [-0.25, -0.2) is 12.7 Å². The lowest BCUT2D eigenvalue weighted by molar-refractivity contribution is -0.387. The highest BCUT2D eigenvalue weighted by Gasteiger charge is 2.30. The van der Waals surface area contributed by atoms with Gasteiger partial charge in [0.1, 0.15) is 0 Å². The molecule has 174 valence electrons. The molecule has 11 heteroatoms. The highest BCUT2D eigenvalue weighted by atomic mass is 32.2. The van der Waals surface area contributed by atoms with E-state index in [2.05, 4.69) is 5.32 Å². The molecule has 1 aromatic rings. The van der Waals surface area contributed by atoms with E-state index in [9.17, 15) is 28.1 Å². The summed E-state index contributed by atoms with van der Waals surface area (Å²) in [6, 6.07) is 5.29. The first-order valence-electron chi connectivity index (χ1n) is 10.7. The van der Waals surface area contributed by atoms with Crippen molar-refractivity contribution >= 4 is 27.5 Å². The minimum Gasteiger partial charge on any atom is -0.365 e. The Morgan fingerprint density at radius 1 is 1.12 bits per heavy atom. The van der Waals surface area contributed by atoms with Crippen molar-refractivity contribution in [1.82, 2.24) is 14.5 Å². The van der Waals surface area contributed by atoms with Gasteiger partial charge in [-0.3, -0.25) is 25.0 Å². The predicted octanol–water partition coefficient (Wildman–Crippen LogP) is 2.17. The summed E-state index contributed by atoms with van der Waals surface area (Å²) in [5.74, 6) is -0.635. The van der Waals surface area contributed by atoms with Crippen molar-refractivity contribution < 1.29 is 22.9 Å². The summed E-state index contributed by atoms with van der Waals surface area (Å²) in [6.45, 7) is 0.813. The minimum atomic E-state index is -4.01. The first-order chi connectivity index (χ1) is 15.2. The van der Waals surface area contributed by atoms with Crippen molar-refractivity contribution in [3.05, 3.63) is 45.6 Å². The number of unbranched alkanes of at least 4 members (excludes halogenated alkanes) is 1. The van der Waals surface area contributed by atoms with Crippen LogP contribution in [0.4, 0.5) is 5.69 Å². The number of para-hydroxylation sites is 1. The highest BCUT2D eigenvalue weighted by Crippen LogP contribution is 2.29. The smallest absolute Gasteiger partial charge is 0.289 e. The van der Waals surface area contributed by atoms with Crippen LogP contribution in [0.3, 0.4) is 0 Å². The van der Waals surface area contributed by atoms with Crippen LogP contribution in [-0.2, 0) is 19.6 Å². The lowest BCUT2D eigenvalue weighted by Gasteiger charge is -2.26. The maximum absolute atomic E-state index is 12.8. The molecule has 0 unspecified atom stereocenters. The molecule has 2 amide bonds. The number of hydrogen-bond donors (Lipinski definition) is 1. The number of imide groups is 1. The van der Waals surface area contributed by atoms with Crippen LogP contribution in [0.25, 0.3) is 0 Å². The fourth-order valence-corrected chi connectivity index (χ4v) is 5.50. The van der Waals surface area contributed by atoms with E-state index in [1.165, 1.54) is 31.3 Å². The molecule has 1 aromatic carbocycles. The van der Waals surface area contributed by atoms with E-state index in [0.29, 0.717) is 31.4 Å². The van der Waals surface area contributed by atoms with Crippen molar-refractivity contribution in [2.45, 2.75) is 49.8 Å². The average molecular weight is 465 g/mol. The number of rotatable bonds is 8. The molecule has 32 heavy (non-hydrogen) atoms. The Hall–Kier alpha value is -2.79. The Morgan fingerprint density at radius 2 is 1.84 bits per heavy atom. The summed E-state index contributed by atoms with van der Waals surface area (Å²) in [6.07, 6.45) is 5.44. The second-order valence-electron chi connectivity index (χ2n) is 8.04. The number of hydrogen-bond acceptors (Lipinski definition) is 7. The van der Waals surface area contributed by atoms with Gasteiger partial charge in [0.25, 0.3) is 11.6 Å². The maximum Gasteiger partial charge on any atom is 0.289 e. The van der Waals surface area contributed by atoms with Crippen molar-refractivity contribution in [2.75, 3.05) is 26.7 Å². The Kier molecular flexibility index (Phi) is 7.62. The van der Waals surface area contributed by atoms with Gasteiger partial charge in [0.15, 0.2) is 4.90 Å². The summed E-state index contributed by atoms with van der Waals surface area (Å²) in [7, 11) is -2.61. The van der Waals surface area contributed by atoms with Crippen LogP contribution in [-0.4, -0.2) is 61.0 Å². The third-order valence-electron chi connectivity index (χ3n) is 5.83. The normalized spacial score (nSPS) is 17.6. The molecule has 0 spiro atoms. The lowest BCUT2D eigenvalue weighted by Crippen LogP contribution is -2.36. The van der Waals surface area contributed by atoms with E-state index in [1.807, 2.05) is 4.90 Å². The summed E-state index contributed by atoms with van der Waals surface area (Å²) in [4.78, 5) is 36.6. The predicted molar refractivity (Wildman–Crippen MR) is 117 cm³/mol. The molecule has 0 radical (unpaired) electrons. The van der Waals surface area contributed by atoms with E-state index >= 15 is 0 Å². The Bertz CT molecular complexity index is 1040. The van der Waals surface area contributed by atoms with Gasteiger partial charge in [-0.1, -0.05) is 18.6 Å². The van der Waals surface area contributed by atoms with Crippen LogP contribution >= 0.6 is 0 Å². The summed E-state index contributed by atoms with van der Waals surface area (Å²) < 4.78 is 26.7. The number of nitro benzene ring substituents is 1. The quantitative estimate of drug-likeness (QED) is 0.270. The third kappa shape index (κ3) is 5.33. The second-order valence-corrected chi connectivity index (χ2v) is 10.1. The summed E-state index contributed by atoms with van der Waals surface area (Å²) in [5.41, 5.74) is 1.16. The minimum absolute atomic E-state index is 0.106. The number of carbonyl (C=O) groups excluding carboxylic acids is 2. The first kappa shape index (κ1) is 23.9. The van der Waals surface area contributed by atoms with Gasteiger partial charge in [-0.05, 0) is 44.6 Å². The van der Waals surface area contributed by atoms with Crippen LogP contribution in [0.2, 0.25) is 0 Å². The number of carbonyl (C=O) groups is 2. The number of nitrogens with zero attached hydrogens (tertiary/aromatic N) is 3. The molecule has 1 aliphatic heterocycles. The largest absolute Gasteiger partial charge is 0.365 e. The van der Waals surface area contributed by atoms with E-state index in [1.54, 1.807) is 0 Å². The molecule has 0 fully saturated rings. The molecule has 1 heterocycles. The molecule has 0 bridgehead atoms.